The average Bonchev–Trinajstić information content (AvgIpc) is 3.34. The maximum atomic E-state index is 14.5. The topological polar surface area (TPSA) is 98.8 Å². The Bertz CT molecular complexity index is 1340. The van der Waals surface area contributed by atoms with E-state index >= 15 is 0 Å². The molecule has 1 atom stereocenters. The zero-order valence-corrected chi connectivity index (χ0v) is 18.5. The molecule has 1 aliphatic heterocycles. The van der Waals surface area contributed by atoms with Gasteiger partial charge in [0.1, 0.15) is 17.6 Å². The molecule has 3 N–H and O–H groups in total. The van der Waals surface area contributed by atoms with Crippen LogP contribution in [0.3, 0.4) is 0 Å². The van der Waals surface area contributed by atoms with E-state index in [9.17, 15) is 9.18 Å². The van der Waals surface area contributed by atoms with Crippen LogP contribution >= 0.6 is 11.6 Å². The first-order valence-electron chi connectivity index (χ1n) is 10.5. The number of aromatic nitrogens is 4. The third kappa shape index (κ3) is 4.12. The number of rotatable bonds is 4. The molecule has 0 unspecified atom stereocenters. The average molecular weight is 466 g/mol. The summed E-state index contributed by atoms with van der Waals surface area (Å²) in [5.41, 5.74) is 4.34. The maximum absolute atomic E-state index is 14.5. The summed E-state index contributed by atoms with van der Waals surface area (Å²) in [6, 6.07) is 9.73. The Hall–Kier alpha value is -3.56. The number of piperazine rings is 1. The number of hydrogen-bond acceptors (Lipinski definition) is 6. The van der Waals surface area contributed by atoms with Crippen LogP contribution in [0.1, 0.15) is 0 Å². The lowest BCUT2D eigenvalue weighted by molar-refractivity contribution is -0.122. The lowest BCUT2D eigenvalue weighted by Gasteiger charge is -2.34. The first-order chi connectivity index (χ1) is 16.0. The number of halogens is 2. The fraction of sp³-hybridized carbons (Fsp3) is 0.217. The molecule has 5 rings (SSSR count). The molecule has 0 saturated carbocycles. The van der Waals surface area contributed by atoms with Crippen molar-refractivity contribution in [3.8, 4) is 22.5 Å². The Morgan fingerprint density at radius 1 is 1.21 bits per heavy atom. The fourth-order valence-electron chi connectivity index (χ4n) is 4.02. The summed E-state index contributed by atoms with van der Waals surface area (Å²) in [7, 11) is 1.63. The largest absolute Gasteiger partial charge is 0.367 e. The molecule has 1 amide bonds. The molecule has 1 aliphatic rings. The van der Waals surface area contributed by atoms with Crippen LogP contribution in [0.4, 0.5) is 10.1 Å². The van der Waals surface area contributed by atoms with Gasteiger partial charge in [0.2, 0.25) is 5.91 Å². The predicted molar refractivity (Wildman–Crippen MR) is 126 cm³/mol. The van der Waals surface area contributed by atoms with Crippen LogP contribution in [0.2, 0.25) is 5.02 Å². The zero-order chi connectivity index (χ0) is 22.9. The monoisotopic (exact) mass is 465 g/mol. The van der Waals surface area contributed by atoms with E-state index in [4.69, 9.17) is 16.6 Å². The van der Waals surface area contributed by atoms with Gasteiger partial charge in [-0.05, 0) is 36.4 Å². The van der Waals surface area contributed by atoms with Crippen molar-refractivity contribution in [2.45, 2.75) is 6.04 Å². The molecule has 0 aliphatic carbocycles. The van der Waals surface area contributed by atoms with Gasteiger partial charge in [-0.3, -0.25) is 14.9 Å². The summed E-state index contributed by atoms with van der Waals surface area (Å²) in [6.07, 6.45) is 3.48. The predicted octanol–water partition coefficient (Wildman–Crippen LogP) is 3.00. The van der Waals surface area contributed by atoms with Crippen molar-refractivity contribution in [3.63, 3.8) is 0 Å². The summed E-state index contributed by atoms with van der Waals surface area (Å²) in [6.45, 7) is 1.97. The number of likely N-dealkylation sites (N-methyl/N-ethyl adjacent to an activating group) is 1. The van der Waals surface area contributed by atoms with Crippen LogP contribution in [-0.4, -0.2) is 58.8 Å². The van der Waals surface area contributed by atoms with Crippen LogP contribution in [0.15, 0.2) is 48.8 Å². The standard InChI is InChI=1S/C23H21ClFN7O/c1-26-23(33)21-12-32(7-6-27-21)14-9-20-19(28-10-14)5-4-18(30-20)16-11-29-31-22(16)15-8-13(24)2-3-17(15)25/h2-5,8-11,21,27H,6-7,12H2,1H3,(H,26,33)(H,29,31)/t21-/m1/s1. The highest BCUT2D eigenvalue weighted by molar-refractivity contribution is 6.30. The Labute approximate surface area is 194 Å². The number of carbonyl (C=O) groups is 1. The van der Waals surface area contributed by atoms with Gasteiger partial charge < -0.3 is 15.5 Å². The minimum Gasteiger partial charge on any atom is -0.367 e. The molecule has 4 heterocycles. The fourth-order valence-corrected chi connectivity index (χ4v) is 4.19. The number of nitrogens with one attached hydrogen (secondary N) is 3. The van der Waals surface area contributed by atoms with Crippen LogP contribution in [0.25, 0.3) is 33.5 Å². The van der Waals surface area contributed by atoms with E-state index in [1.807, 2.05) is 18.2 Å². The molecule has 168 valence electrons. The van der Waals surface area contributed by atoms with Gasteiger partial charge >= 0.3 is 0 Å². The van der Waals surface area contributed by atoms with E-state index in [0.717, 1.165) is 17.7 Å². The zero-order valence-electron chi connectivity index (χ0n) is 17.8. The Kier molecular flexibility index (Phi) is 5.65. The second-order valence-corrected chi connectivity index (χ2v) is 8.20. The van der Waals surface area contributed by atoms with E-state index in [1.165, 1.54) is 12.1 Å². The molecule has 10 heteroatoms. The molecule has 1 saturated heterocycles. The summed E-state index contributed by atoms with van der Waals surface area (Å²) in [4.78, 5) is 23.5. The van der Waals surface area contributed by atoms with E-state index in [1.54, 1.807) is 25.5 Å². The van der Waals surface area contributed by atoms with Gasteiger partial charge in [0.05, 0.1) is 28.6 Å². The van der Waals surface area contributed by atoms with Gasteiger partial charge in [0.15, 0.2) is 0 Å². The van der Waals surface area contributed by atoms with E-state index in [2.05, 4.69) is 30.7 Å². The minimum absolute atomic E-state index is 0.0467. The molecule has 0 radical (unpaired) electrons. The SMILES string of the molecule is CNC(=O)[C@H]1CN(c2cnc3ccc(-c4c[nH]nc4-c4cc(Cl)ccc4F)nc3c2)CCN1. The molecule has 1 fully saturated rings. The summed E-state index contributed by atoms with van der Waals surface area (Å²) < 4.78 is 14.5. The third-order valence-corrected chi connectivity index (χ3v) is 5.96. The van der Waals surface area contributed by atoms with Crippen LogP contribution in [-0.2, 0) is 4.79 Å². The molecular formula is C23H21ClFN7O. The number of hydrogen-bond donors (Lipinski definition) is 3. The van der Waals surface area contributed by atoms with Crippen molar-refractivity contribution in [3.05, 3.63) is 59.6 Å². The van der Waals surface area contributed by atoms with Gasteiger partial charge in [-0.2, -0.15) is 5.10 Å². The number of benzene rings is 1. The molecule has 4 aromatic rings. The summed E-state index contributed by atoms with van der Waals surface area (Å²) in [5, 5.41) is 13.4. The van der Waals surface area contributed by atoms with E-state index in [0.29, 0.717) is 46.1 Å². The number of aromatic amines is 1. The highest BCUT2D eigenvalue weighted by Gasteiger charge is 2.25. The third-order valence-electron chi connectivity index (χ3n) is 5.73. The van der Waals surface area contributed by atoms with Crippen molar-refractivity contribution >= 4 is 34.2 Å². The molecule has 0 spiro atoms. The molecule has 3 aromatic heterocycles. The first-order valence-corrected chi connectivity index (χ1v) is 10.9. The number of fused-ring (bicyclic) bond motifs is 1. The number of amides is 1. The van der Waals surface area contributed by atoms with Crippen LogP contribution in [0, 0.1) is 5.82 Å². The lowest BCUT2D eigenvalue weighted by atomic mass is 10.0. The molecule has 33 heavy (non-hydrogen) atoms. The second kappa shape index (κ2) is 8.76. The molecule has 0 bridgehead atoms. The molecule has 8 nitrogen and oxygen atoms in total. The Morgan fingerprint density at radius 2 is 2.09 bits per heavy atom. The van der Waals surface area contributed by atoms with Gasteiger partial charge in [0.25, 0.3) is 0 Å². The van der Waals surface area contributed by atoms with Crippen molar-refractivity contribution in [1.82, 2.24) is 30.8 Å². The van der Waals surface area contributed by atoms with Gasteiger partial charge in [-0.1, -0.05) is 11.6 Å². The van der Waals surface area contributed by atoms with Crippen LogP contribution < -0.4 is 15.5 Å². The van der Waals surface area contributed by atoms with Crippen molar-refractivity contribution < 1.29 is 9.18 Å². The summed E-state index contributed by atoms with van der Waals surface area (Å²) >= 11 is 6.08. The first kappa shape index (κ1) is 21.3. The number of H-pyrrole nitrogens is 1. The van der Waals surface area contributed by atoms with Gasteiger partial charge in [0, 0.05) is 49.0 Å². The highest BCUT2D eigenvalue weighted by Crippen LogP contribution is 2.33. The quantitative estimate of drug-likeness (QED) is 0.428. The van der Waals surface area contributed by atoms with Gasteiger partial charge in [-0.15, -0.1) is 0 Å². The van der Waals surface area contributed by atoms with Crippen LogP contribution in [0.5, 0.6) is 0 Å². The van der Waals surface area contributed by atoms with Crippen molar-refractivity contribution in [1.29, 1.82) is 0 Å². The maximum Gasteiger partial charge on any atom is 0.238 e. The normalized spacial score (nSPS) is 16.2. The second-order valence-electron chi connectivity index (χ2n) is 7.77. The minimum atomic E-state index is -0.415. The van der Waals surface area contributed by atoms with E-state index in [-0.39, 0.29) is 11.9 Å². The molecule has 1 aromatic carbocycles. The number of nitrogens with zero attached hydrogens (tertiary/aromatic N) is 4. The van der Waals surface area contributed by atoms with E-state index < -0.39 is 5.82 Å². The molecular weight excluding hydrogens is 445 g/mol. The Morgan fingerprint density at radius 3 is 2.94 bits per heavy atom. The van der Waals surface area contributed by atoms with Crippen molar-refractivity contribution in [2.24, 2.45) is 0 Å². The van der Waals surface area contributed by atoms with Crippen molar-refractivity contribution in [2.75, 3.05) is 31.6 Å². The van der Waals surface area contributed by atoms with Gasteiger partial charge in [-0.25, -0.2) is 9.37 Å². The highest BCUT2D eigenvalue weighted by atomic mass is 35.5. The number of carbonyl (C=O) groups excluding carboxylic acids is 1. The lowest BCUT2D eigenvalue weighted by Crippen LogP contribution is -2.56. The summed E-state index contributed by atoms with van der Waals surface area (Å²) in [5.74, 6) is -0.462. The smallest absolute Gasteiger partial charge is 0.238 e. The number of anilines is 1. The number of pyridine rings is 2. The Balaban J connectivity index is 1.50.